The lowest BCUT2D eigenvalue weighted by Crippen LogP contribution is -2.30. The second kappa shape index (κ2) is 8.29. The molecule has 1 fully saturated rings. The molecule has 144 valence electrons. The Balaban J connectivity index is 1.58. The van der Waals surface area contributed by atoms with Gasteiger partial charge in [-0.15, -0.1) is 0 Å². The van der Waals surface area contributed by atoms with Gasteiger partial charge in [-0.2, -0.15) is 0 Å². The van der Waals surface area contributed by atoms with Gasteiger partial charge in [0.2, 0.25) is 11.8 Å². The van der Waals surface area contributed by atoms with Crippen LogP contribution in [0.5, 0.6) is 0 Å². The van der Waals surface area contributed by atoms with Gasteiger partial charge in [-0.3, -0.25) is 9.59 Å². The van der Waals surface area contributed by atoms with Crippen LogP contribution in [0.3, 0.4) is 0 Å². The summed E-state index contributed by atoms with van der Waals surface area (Å²) in [7, 11) is 0. The van der Waals surface area contributed by atoms with Crippen molar-refractivity contribution < 1.29 is 14.0 Å². The Morgan fingerprint density at radius 2 is 2.04 bits per heavy atom. The number of rotatable bonds is 7. The van der Waals surface area contributed by atoms with Crippen LogP contribution >= 0.6 is 0 Å². The normalized spacial score (nSPS) is 16.8. The molecule has 1 saturated heterocycles. The molecular formula is C21H27N3O3. The number of benzene rings is 1. The van der Waals surface area contributed by atoms with E-state index in [2.05, 4.69) is 31.0 Å². The zero-order valence-electron chi connectivity index (χ0n) is 16.1. The molecule has 6 nitrogen and oxygen atoms in total. The van der Waals surface area contributed by atoms with E-state index in [4.69, 9.17) is 4.42 Å². The summed E-state index contributed by atoms with van der Waals surface area (Å²) in [5.74, 6) is 0.257. The average Bonchev–Trinajstić information content (AvgIpc) is 3.27. The van der Waals surface area contributed by atoms with E-state index in [1.54, 1.807) is 17.2 Å². The van der Waals surface area contributed by atoms with Crippen LogP contribution in [0.15, 0.2) is 47.1 Å². The highest BCUT2D eigenvalue weighted by Gasteiger charge is 2.34. The topological polar surface area (TPSA) is 65.8 Å². The molecule has 1 aliphatic heterocycles. The Morgan fingerprint density at radius 3 is 2.63 bits per heavy atom. The summed E-state index contributed by atoms with van der Waals surface area (Å²) in [6.07, 6.45) is 1.82. The van der Waals surface area contributed by atoms with Crippen LogP contribution in [-0.4, -0.2) is 35.8 Å². The number of likely N-dealkylation sites (tertiary alicyclic amines) is 1. The smallest absolute Gasteiger partial charge is 0.229 e. The number of carbonyl (C=O) groups excluding carboxylic acids is 2. The van der Waals surface area contributed by atoms with Gasteiger partial charge in [0.05, 0.1) is 18.7 Å². The van der Waals surface area contributed by atoms with E-state index < -0.39 is 0 Å². The summed E-state index contributed by atoms with van der Waals surface area (Å²) >= 11 is 0. The third-order valence-corrected chi connectivity index (χ3v) is 4.94. The van der Waals surface area contributed by atoms with E-state index in [1.165, 1.54) is 0 Å². The zero-order chi connectivity index (χ0) is 19.4. The monoisotopic (exact) mass is 369 g/mol. The molecule has 1 aromatic carbocycles. The molecule has 3 rings (SSSR count). The number of furan rings is 1. The van der Waals surface area contributed by atoms with Crippen LogP contribution in [0.4, 0.5) is 11.4 Å². The summed E-state index contributed by atoms with van der Waals surface area (Å²) in [6.45, 7) is 8.20. The number of hydrogen-bond acceptors (Lipinski definition) is 4. The summed E-state index contributed by atoms with van der Waals surface area (Å²) in [5.41, 5.74) is 1.88. The maximum Gasteiger partial charge on any atom is 0.229 e. The number of carbonyl (C=O) groups is 2. The zero-order valence-corrected chi connectivity index (χ0v) is 16.1. The van der Waals surface area contributed by atoms with Crippen molar-refractivity contribution in [3.63, 3.8) is 0 Å². The van der Waals surface area contributed by atoms with Gasteiger partial charge in [0.25, 0.3) is 0 Å². The van der Waals surface area contributed by atoms with Crippen LogP contribution in [0.2, 0.25) is 0 Å². The Bertz CT molecular complexity index is 768. The minimum Gasteiger partial charge on any atom is -0.467 e. The summed E-state index contributed by atoms with van der Waals surface area (Å²) in [6, 6.07) is 11.9. The van der Waals surface area contributed by atoms with E-state index in [0.29, 0.717) is 19.1 Å². The highest BCUT2D eigenvalue weighted by molar-refractivity contribution is 5.97. The molecule has 27 heavy (non-hydrogen) atoms. The Morgan fingerprint density at radius 1 is 1.30 bits per heavy atom. The first-order valence-electron chi connectivity index (χ1n) is 9.45. The van der Waals surface area contributed by atoms with Gasteiger partial charge in [0.15, 0.2) is 0 Å². The standard InChI is InChI=1S/C21H27N3O3/c1-4-24(15(2)3)18-9-7-17(8-10-18)22-21(26)16-12-20(25)23(13-16)14-19-6-5-11-27-19/h5-11,15-16H,4,12-14H2,1-3H3,(H,22,26). The maximum atomic E-state index is 12.6. The summed E-state index contributed by atoms with van der Waals surface area (Å²) in [4.78, 5) is 28.7. The first-order chi connectivity index (χ1) is 13.0. The SMILES string of the molecule is CCN(c1ccc(NC(=O)C2CC(=O)N(Cc3ccco3)C2)cc1)C(C)C. The van der Waals surface area contributed by atoms with Crippen molar-refractivity contribution in [2.75, 3.05) is 23.3 Å². The van der Waals surface area contributed by atoms with E-state index >= 15 is 0 Å². The van der Waals surface area contributed by atoms with Crippen LogP contribution < -0.4 is 10.2 Å². The number of amides is 2. The van der Waals surface area contributed by atoms with Gasteiger partial charge in [-0.1, -0.05) is 0 Å². The molecule has 1 unspecified atom stereocenters. The van der Waals surface area contributed by atoms with Crippen molar-refractivity contribution in [2.45, 2.75) is 39.8 Å². The van der Waals surface area contributed by atoms with Gasteiger partial charge < -0.3 is 19.5 Å². The van der Waals surface area contributed by atoms with Gasteiger partial charge in [0, 0.05) is 36.9 Å². The Hall–Kier alpha value is -2.76. The van der Waals surface area contributed by atoms with Gasteiger partial charge in [-0.25, -0.2) is 0 Å². The summed E-state index contributed by atoms with van der Waals surface area (Å²) in [5, 5.41) is 2.94. The Labute approximate surface area is 160 Å². The molecule has 1 aromatic heterocycles. The van der Waals surface area contributed by atoms with Crippen molar-refractivity contribution in [1.29, 1.82) is 0 Å². The van der Waals surface area contributed by atoms with Crippen molar-refractivity contribution in [3.8, 4) is 0 Å². The van der Waals surface area contributed by atoms with Crippen LogP contribution in [-0.2, 0) is 16.1 Å². The molecule has 0 bridgehead atoms. The molecule has 2 heterocycles. The highest BCUT2D eigenvalue weighted by Crippen LogP contribution is 2.24. The fourth-order valence-corrected chi connectivity index (χ4v) is 3.52. The van der Waals surface area contributed by atoms with Gasteiger partial charge >= 0.3 is 0 Å². The second-order valence-electron chi connectivity index (χ2n) is 7.17. The Kier molecular flexibility index (Phi) is 5.84. The minimum atomic E-state index is -0.338. The fourth-order valence-electron chi connectivity index (χ4n) is 3.52. The second-order valence-corrected chi connectivity index (χ2v) is 7.17. The van der Waals surface area contributed by atoms with Crippen molar-refractivity contribution >= 4 is 23.2 Å². The lowest BCUT2D eigenvalue weighted by Gasteiger charge is -2.27. The molecule has 1 atom stereocenters. The first kappa shape index (κ1) is 19.0. The van der Waals surface area contributed by atoms with E-state index in [0.717, 1.165) is 23.7 Å². The van der Waals surface area contributed by atoms with E-state index in [9.17, 15) is 9.59 Å². The number of nitrogens with zero attached hydrogens (tertiary/aromatic N) is 2. The lowest BCUT2D eigenvalue weighted by atomic mass is 10.1. The predicted octanol–water partition coefficient (Wildman–Crippen LogP) is 3.50. The van der Waals surface area contributed by atoms with Crippen molar-refractivity contribution in [3.05, 3.63) is 48.4 Å². The number of hydrogen-bond donors (Lipinski definition) is 1. The van der Waals surface area contributed by atoms with Crippen molar-refractivity contribution in [1.82, 2.24) is 4.90 Å². The molecular weight excluding hydrogens is 342 g/mol. The molecule has 1 N–H and O–H groups in total. The van der Waals surface area contributed by atoms with E-state index in [-0.39, 0.29) is 24.2 Å². The van der Waals surface area contributed by atoms with Crippen LogP contribution in [0.25, 0.3) is 0 Å². The number of nitrogens with one attached hydrogen (secondary N) is 1. The molecule has 0 radical (unpaired) electrons. The third-order valence-electron chi connectivity index (χ3n) is 4.94. The largest absolute Gasteiger partial charge is 0.467 e. The van der Waals surface area contributed by atoms with Gasteiger partial charge in [-0.05, 0) is 57.2 Å². The van der Waals surface area contributed by atoms with Crippen molar-refractivity contribution in [2.24, 2.45) is 5.92 Å². The highest BCUT2D eigenvalue weighted by atomic mass is 16.3. The van der Waals surface area contributed by atoms with E-state index in [1.807, 2.05) is 30.3 Å². The summed E-state index contributed by atoms with van der Waals surface area (Å²) < 4.78 is 5.29. The van der Waals surface area contributed by atoms with Crippen LogP contribution in [0.1, 0.15) is 33.0 Å². The maximum absolute atomic E-state index is 12.6. The quantitative estimate of drug-likeness (QED) is 0.811. The van der Waals surface area contributed by atoms with Gasteiger partial charge in [0.1, 0.15) is 5.76 Å². The third kappa shape index (κ3) is 4.51. The molecule has 0 aliphatic carbocycles. The van der Waals surface area contributed by atoms with Crippen LogP contribution in [0, 0.1) is 5.92 Å². The molecule has 0 spiro atoms. The lowest BCUT2D eigenvalue weighted by molar-refractivity contribution is -0.128. The predicted molar refractivity (Wildman–Crippen MR) is 105 cm³/mol. The molecule has 0 saturated carbocycles. The molecule has 1 aliphatic rings. The number of anilines is 2. The average molecular weight is 369 g/mol. The molecule has 2 aromatic rings. The molecule has 6 heteroatoms. The molecule has 2 amide bonds. The first-order valence-corrected chi connectivity index (χ1v) is 9.45. The minimum absolute atomic E-state index is 0.0163. The fraction of sp³-hybridized carbons (Fsp3) is 0.429.